The minimum Gasteiger partial charge on any atom is -0.489 e. The lowest BCUT2D eigenvalue weighted by molar-refractivity contribution is 0.306. The highest BCUT2D eigenvalue weighted by molar-refractivity contribution is 9.10. The third-order valence-electron chi connectivity index (χ3n) is 4.35. The number of aryl methyl sites for hydroxylation is 1. The fourth-order valence-corrected chi connectivity index (χ4v) is 3.35. The van der Waals surface area contributed by atoms with Crippen LogP contribution in [0, 0.1) is 6.92 Å². The SMILES string of the molecule is Cc1oc2cc(OCc3ccc(Cl)cc3)ccc2c(=O)c1Oc1ccccc1Br. The highest BCUT2D eigenvalue weighted by Gasteiger charge is 2.15. The Labute approximate surface area is 180 Å². The summed E-state index contributed by atoms with van der Waals surface area (Å²) >= 11 is 9.32. The first-order valence-corrected chi connectivity index (χ1v) is 10.1. The molecule has 0 aliphatic rings. The molecule has 0 aliphatic heterocycles. The van der Waals surface area contributed by atoms with Crippen molar-refractivity contribution in [3.63, 3.8) is 0 Å². The van der Waals surface area contributed by atoms with Crippen LogP contribution in [0.25, 0.3) is 11.0 Å². The predicted molar refractivity (Wildman–Crippen MR) is 117 cm³/mol. The Bertz CT molecular complexity index is 1230. The van der Waals surface area contributed by atoms with Gasteiger partial charge in [-0.2, -0.15) is 0 Å². The Kier molecular flexibility index (Phi) is 5.60. The number of benzene rings is 3. The molecule has 4 rings (SSSR count). The summed E-state index contributed by atoms with van der Waals surface area (Å²) in [4.78, 5) is 12.9. The molecule has 0 bridgehead atoms. The Morgan fingerprint density at radius 1 is 1.03 bits per heavy atom. The Morgan fingerprint density at radius 3 is 2.55 bits per heavy atom. The molecular weight excluding hydrogens is 456 g/mol. The fourth-order valence-electron chi connectivity index (χ4n) is 2.86. The van der Waals surface area contributed by atoms with Crippen LogP contribution in [-0.4, -0.2) is 0 Å². The van der Waals surface area contributed by atoms with Gasteiger partial charge in [0.25, 0.3) is 0 Å². The first kappa shape index (κ1) is 19.6. The van der Waals surface area contributed by atoms with E-state index in [9.17, 15) is 4.79 Å². The lowest BCUT2D eigenvalue weighted by Gasteiger charge is -2.11. The second-order valence-corrected chi connectivity index (χ2v) is 7.71. The van der Waals surface area contributed by atoms with Crippen LogP contribution in [0.2, 0.25) is 5.02 Å². The molecular formula is C23H16BrClO4. The molecule has 0 saturated carbocycles. The molecule has 3 aromatic carbocycles. The van der Waals surface area contributed by atoms with Gasteiger partial charge in [-0.15, -0.1) is 0 Å². The molecule has 0 unspecified atom stereocenters. The van der Waals surface area contributed by atoms with E-state index in [4.69, 9.17) is 25.5 Å². The molecule has 4 nitrogen and oxygen atoms in total. The maximum Gasteiger partial charge on any atom is 0.235 e. The van der Waals surface area contributed by atoms with Gasteiger partial charge in [0.1, 0.15) is 29.4 Å². The molecule has 0 N–H and O–H groups in total. The summed E-state index contributed by atoms with van der Waals surface area (Å²) in [5.74, 6) is 1.71. The van der Waals surface area contributed by atoms with Gasteiger partial charge < -0.3 is 13.9 Å². The van der Waals surface area contributed by atoms with Crippen LogP contribution in [0.3, 0.4) is 0 Å². The first-order valence-electron chi connectivity index (χ1n) is 8.88. The quantitative estimate of drug-likeness (QED) is 0.318. The van der Waals surface area contributed by atoms with Crippen molar-refractivity contribution in [3.8, 4) is 17.2 Å². The van der Waals surface area contributed by atoms with Crippen molar-refractivity contribution in [2.75, 3.05) is 0 Å². The molecule has 1 heterocycles. The average Bonchev–Trinajstić information content (AvgIpc) is 2.72. The largest absolute Gasteiger partial charge is 0.489 e. The third-order valence-corrected chi connectivity index (χ3v) is 5.26. The number of hydrogen-bond donors (Lipinski definition) is 0. The second kappa shape index (κ2) is 8.31. The van der Waals surface area contributed by atoms with Gasteiger partial charge in [-0.05, 0) is 64.8 Å². The predicted octanol–water partition coefficient (Wildman–Crippen LogP) is 6.89. The van der Waals surface area contributed by atoms with Crippen molar-refractivity contribution in [2.45, 2.75) is 13.5 Å². The standard InChI is InChI=1S/C23H16BrClO4/c1-14-23(29-20-5-3-2-4-19(20)24)22(26)18-11-10-17(12-21(18)28-14)27-13-15-6-8-16(25)9-7-15/h2-12H,13H2,1H3. The normalized spacial score (nSPS) is 10.9. The van der Waals surface area contributed by atoms with E-state index in [-0.39, 0.29) is 11.2 Å². The molecule has 0 radical (unpaired) electrons. The van der Waals surface area contributed by atoms with Crippen molar-refractivity contribution in [2.24, 2.45) is 0 Å². The molecule has 0 aliphatic carbocycles. The molecule has 0 atom stereocenters. The Morgan fingerprint density at radius 2 is 1.79 bits per heavy atom. The van der Waals surface area contributed by atoms with Crippen LogP contribution < -0.4 is 14.9 Å². The molecule has 1 aromatic heterocycles. The second-order valence-electron chi connectivity index (χ2n) is 6.42. The number of ether oxygens (including phenoxy) is 2. The van der Waals surface area contributed by atoms with E-state index in [1.807, 2.05) is 42.5 Å². The van der Waals surface area contributed by atoms with Crippen LogP contribution >= 0.6 is 27.5 Å². The zero-order chi connectivity index (χ0) is 20.4. The number of halogens is 2. The number of hydrogen-bond acceptors (Lipinski definition) is 4. The van der Waals surface area contributed by atoms with Crippen LogP contribution in [0.1, 0.15) is 11.3 Å². The van der Waals surface area contributed by atoms with Crippen molar-refractivity contribution in [3.05, 3.63) is 97.8 Å². The van der Waals surface area contributed by atoms with Gasteiger partial charge in [-0.3, -0.25) is 4.79 Å². The Hall–Kier alpha value is -2.76. The average molecular weight is 472 g/mol. The summed E-state index contributed by atoms with van der Waals surface area (Å²) in [6.45, 7) is 2.09. The topological polar surface area (TPSA) is 48.7 Å². The van der Waals surface area contributed by atoms with Gasteiger partial charge in [0.2, 0.25) is 11.2 Å². The van der Waals surface area contributed by atoms with E-state index in [1.165, 1.54) is 0 Å². The number of para-hydroxylation sites is 1. The molecule has 0 amide bonds. The van der Waals surface area contributed by atoms with Gasteiger partial charge in [0, 0.05) is 11.1 Å². The van der Waals surface area contributed by atoms with Gasteiger partial charge in [-0.25, -0.2) is 0 Å². The van der Waals surface area contributed by atoms with E-state index in [0.29, 0.717) is 39.9 Å². The summed E-state index contributed by atoms with van der Waals surface area (Å²) in [6.07, 6.45) is 0. The molecule has 0 spiro atoms. The highest BCUT2D eigenvalue weighted by atomic mass is 79.9. The molecule has 0 fully saturated rings. The molecule has 0 saturated heterocycles. The van der Waals surface area contributed by atoms with Crippen LogP contribution in [0.4, 0.5) is 0 Å². The van der Waals surface area contributed by atoms with E-state index >= 15 is 0 Å². The summed E-state index contributed by atoms with van der Waals surface area (Å²) < 4.78 is 18.3. The lowest BCUT2D eigenvalue weighted by Crippen LogP contribution is -2.07. The van der Waals surface area contributed by atoms with Crippen molar-refractivity contribution in [1.29, 1.82) is 0 Å². The van der Waals surface area contributed by atoms with Crippen LogP contribution in [0.15, 0.2) is 80.4 Å². The Balaban J connectivity index is 1.62. The highest BCUT2D eigenvalue weighted by Crippen LogP contribution is 2.31. The monoisotopic (exact) mass is 470 g/mol. The van der Waals surface area contributed by atoms with E-state index in [0.717, 1.165) is 10.0 Å². The first-order chi connectivity index (χ1) is 14.0. The number of rotatable bonds is 5. The van der Waals surface area contributed by atoms with Gasteiger partial charge in [0.15, 0.2) is 0 Å². The summed E-state index contributed by atoms with van der Waals surface area (Å²) in [6, 6.07) is 19.9. The molecule has 146 valence electrons. The molecule has 4 aromatic rings. The minimum absolute atomic E-state index is 0.166. The van der Waals surface area contributed by atoms with Crippen molar-refractivity contribution in [1.82, 2.24) is 0 Å². The van der Waals surface area contributed by atoms with Crippen LogP contribution in [-0.2, 0) is 6.61 Å². The van der Waals surface area contributed by atoms with E-state index in [2.05, 4.69) is 15.9 Å². The summed E-state index contributed by atoms with van der Waals surface area (Å²) in [7, 11) is 0. The maximum absolute atomic E-state index is 12.9. The number of fused-ring (bicyclic) bond motifs is 1. The van der Waals surface area contributed by atoms with Gasteiger partial charge >= 0.3 is 0 Å². The zero-order valence-corrected chi connectivity index (χ0v) is 17.8. The minimum atomic E-state index is -0.233. The van der Waals surface area contributed by atoms with Gasteiger partial charge in [-0.1, -0.05) is 35.9 Å². The smallest absolute Gasteiger partial charge is 0.235 e. The van der Waals surface area contributed by atoms with Crippen molar-refractivity contribution < 1.29 is 13.9 Å². The fraction of sp³-hybridized carbons (Fsp3) is 0.0870. The lowest BCUT2D eigenvalue weighted by atomic mass is 10.2. The summed E-state index contributed by atoms with van der Waals surface area (Å²) in [5, 5.41) is 1.11. The van der Waals surface area contributed by atoms with Gasteiger partial charge in [0.05, 0.1) is 9.86 Å². The summed E-state index contributed by atoms with van der Waals surface area (Å²) in [5.41, 5.74) is 1.20. The molecule has 6 heteroatoms. The maximum atomic E-state index is 12.9. The van der Waals surface area contributed by atoms with Crippen molar-refractivity contribution >= 4 is 38.5 Å². The zero-order valence-electron chi connectivity index (χ0n) is 15.4. The van der Waals surface area contributed by atoms with E-state index < -0.39 is 0 Å². The molecule has 29 heavy (non-hydrogen) atoms. The third kappa shape index (κ3) is 4.31. The van der Waals surface area contributed by atoms with E-state index in [1.54, 1.807) is 31.2 Å². The van der Waals surface area contributed by atoms with Crippen LogP contribution in [0.5, 0.6) is 17.2 Å².